The van der Waals surface area contributed by atoms with Crippen molar-refractivity contribution in [2.45, 2.75) is 33.6 Å². The van der Waals surface area contributed by atoms with Gasteiger partial charge in [-0.3, -0.25) is 14.6 Å². The van der Waals surface area contributed by atoms with Crippen LogP contribution in [0.1, 0.15) is 32.8 Å². The zero-order valence-corrected chi connectivity index (χ0v) is 13.2. The molecule has 0 radical (unpaired) electrons. The van der Waals surface area contributed by atoms with Crippen LogP contribution in [0.25, 0.3) is 0 Å². The number of hydrogen-bond acceptors (Lipinski definition) is 4. The molecule has 0 saturated carbocycles. The molecule has 0 amide bonds. The van der Waals surface area contributed by atoms with E-state index in [1.54, 1.807) is 13.0 Å². The SMILES string of the molecule is CCOC(=O)C(Cc1ccncc1Cl)(CC(C)C)C(=O)O. The highest BCUT2D eigenvalue weighted by Gasteiger charge is 2.48. The number of hydrogen-bond donors (Lipinski definition) is 1. The van der Waals surface area contributed by atoms with Crippen molar-refractivity contribution >= 4 is 23.5 Å². The molecule has 0 spiro atoms. The van der Waals surface area contributed by atoms with Crippen LogP contribution in [0.3, 0.4) is 0 Å². The number of carboxylic acids is 1. The van der Waals surface area contributed by atoms with Crippen LogP contribution in [0.2, 0.25) is 5.02 Å². The average Bonchev–Trinajstić information content (AvgIpc) is 2.39. The number of nitrogens with zero attached hydrogens (tertiary/aromatic N) is 1. The van der Waals surface area contributed by atoms with Gasteiger partial charge in [-0.25, -0.2) is 0 Å². The third-order valence-electron chi connectivity index (χ3n) is 3.18. The number of rotatable bonds is 7. The molecule has 0 fully saturated rings. The van der Waals surface area contributed by atoms with Crippen LogP contribution < -0.4 is 0 Å². The van der Waals surface area contributed by atoms with E-state index in [1.807, 2.05) is 13.8 Å². The van der Waals surface area contributed by atoms with Gasteiger partial charge in [-0.05, 0) is 30.9 Å². The Balaban J connectivity index is 3.25. The van der Waals surface area contributed by atoms with Crippen LogP contribution in [0.15, 0.2) is 18.5 Å². The van der Waals surface area contributed by atoms with E-state index in [4.69, 9.17) is 16.3 Å². The monoisotopic (exact) mass is 313 g/mol. The maximum atomic E-state index is 12.3. The van der Waals surface area contributed by atoms with Crippen molar-refractivity contribution < 1.29 is 19.4 Å². The van der Waals surface area contributed by atoms with E-state index in [0.717, 1.165) is 0 Å². The molecule has 116 valence electrons. The molecule has 0 bridgehead atoms. The zero-order valence-electron chi connectivity index (χ0n) is 12.4. The van der Waals surface area contributed by atoms with Crippen molar-refractivity contribution in [1.29, 1.82) is 0 Å². The fourth-order valence-electron chi connectivity index (χ4n) is 2.32. The molecule has 1 rings (SSSR count). The molecule has 0 aliphatic heterocycles. The second-order valence-electron chi connectivity index (χ2n) is 5.35. The molecule has 0 aliphatic rings. The number of aliphatic carboxylic acids is 1. The van der Waals surface area contributed by atoms with Gasteiger partial charge in [0.15, 0.2) is 5.41 Å². The van der Waals surface area contributed by atoms with Gasteiger partial charge < -0.3 is 9.84 Å². The molecular weight excluding hydrogens is 294 g/mol. The third kappa shape index (κ3) is 4.17. The Morgan fingerprint density at radius 1 is 1.48 bits per heavy atom. The van der Waals surface area contributed by atoms with Crippen LogP contribution in [0.5, 0.6) is 0 Å². The number of carboxylic acid groups (broad SMARTS) is 1. The molecule has 6 heteroatoms. The number of pyridine rings is 1. The van der Waals surface area contributed by atoms with E-state index in [-0.39, 0.29) is 25.4 Å². The van der Waals surface area contributed by atoms with Gasteiger partial charge in [0, 0.05) is 18.8 Å². The lowest BCUT2D eigenvalue weighted by Crippen LogP contribution is -2.44. The molecule has 1 aromatic heterocycles. The minimum absolute atomic E-state index is 0.0132. The van der Waals surface area contributed by atoms with E-state index in [1.165, 1.54) is 12.4 Å². The number of carbonyl (C=O) groups excluding carboxylic acids is 1. The maximum absolute atomic E-state index is 12.3. The Morgan fingerprint density at radius 2 is 2.14 bits per heavy atom. The summed E-state index contributed by atoms with van der Waals surface area (Å²) in [6.07, 6.45) is 3.12. The normalized spacial score (nSPS) is 13.8. The molecule has 5 nitrogen and oxygen atoms in total. The predicted molar refractivity (Wildman–Crippen MR) is 79.1 cm³/mol. The fraction of sp³-hybridized carbons (Fsp3) is 0.533. The lowest BCUT2D eigenvalue weighted by molar-refractivity contribution is -0.170. The molecule has 21 heavy (non-hydrogen) atoms. The summed E-state index contributed by atoms with van der Waals surface area (Å²) in [5, 5.41) is 10.0. The first-order chi connectivity index (χ1) is 9.83. The smallest absolute Gasteiger partial charge is 0.323 e. The number of halogens is 1. The van der Waals surface area contributed by atoms with Gasteiger partial charge in [-0.1, -0.05) is 25.4 Å². The largest absolute Gasteiger partial charge is 0.480 e. The van der Waals surface area contributed by atoms with Crippen molar-refractivity contribution in [3.8, 4) is 0 Å². The van der Waals surface area contributed by atoms with Crippen LogP contribution in [0.4, 0.5) is 0 Å². The predicted octanol–water partition coefficient (Wildman–Crippen LogP) is 2.96. The minimum Gasteiger partial charge on any atom is -0.480 e. The molecule has 1 aromatic rings. The number of aromatic nitrogens is 1. The van der Waals surface area contributed by atoms with Crippen LogP contribution in [-0.4, -0.2) is 28.6 Å². The van der Waals surface area contributed by atoms with Crippen LogP contribution >= 0.6 is 11.6 Å². The zero-order chi connectivity index (χ0) is 16.0. The Hall–Kier alpha value is -1.62. The lowest BCUT2D eigenvalue weighted by atomic mass is 9.75. The van der Waals surface area contributed by atoms with Crippen molar-refractivity contribution in [2.24, 2.45) is 11.3 Å². The number of ether oxygens (including phenoxy) is 1. The number of carbonyl (C=O) groups is 2. The highest BCUT2D eigenvalue weighted by molar-refractivity contribution is 6.31. The fourth-order valence-corrected chi connectivity index (χ4v) is 2.50. The summed E-state index contributed by atoms with van der Waals surface area (Å²) >= 11 is 6.05. The Kier molecular flexibility index (Phi) is 6.15. The standard InChI is InChI=1S/C15H20ClNO4/c1-4-21-14(20)15(13(18)19,7-10(2)3)8-11-5-6-17-9-12(11)16/h5-6,9-10H,4,7-8H2,1-3H3,(H,18,19). The first-order valence-corrected chi connectivity index (χ1v) is 7.20. The summed E-state index contributed by atoms with van der Waals surface area (Å²) < 4.78 is 5.00. The third-order valence-corrected chi connectivity index (χ3v) is 3.52. The summed E-state index contributed by atoms with van der Waals surface area (Å²) in [5.41, 5.74) is -1.06. The van der Waals surface area contributed by atoms with Crippen molar-refractivity contribution in [3.05, 3.63) is 29.0 Å². The van der Waals surface area contributed by atoms with Crippen LogP contribution in [-0.2, 0) is 20.7 Å². The molecule has 0 aliphatic carbocycles. The Morgan fingerprint density at radius 3 is 2.62 bits per heavy atom. The van der Waals surface area contributed by atoms with Crippen molar-refractivity contribution in [3.63, 3.8) is 0 Å². The van der Waals surface area contributed by atoms with Crippen molar-refractivity contribution in [2.75, 3.05) is 6.61 Å². The lowest BCUT2D eigenvalue weighted by Gasteiger charge is -2.29. The van der Waals surface area contributed by atoms with Gasteiger partial charge in [0.2, 0.25) is 0 Å². The molecule has 1 unspecified atom stereocenters. The van der Waals surface area contributed by atoms with Gasteiger partial charge in [-0.2, -0.15) is 0 Å². The van der Waals surface area contributed by atoms with Gasteiger partial charge >= 0.3 is 11.9 Å². The van der Waals surface area contributed by atoms with Gasteiger partial charge in [0.05, 0.1) is 11.6 Å². The molecule has 1 N–H and O–H groups in total. The van der Waals surface area contributed by atoms with Crippen molar-refractivity contribution in [1.82, 2.24) is 4.98 Å². The highest BCUT2D eigenvalue weighted by Crippen LogP contribution is 2.35. The molecule has 1 atom stereocenters. The van der Waals surface area contributed by atoms with E-state index < -0.39 is 17.4 Å². The summed E-state index contributed by atoms with van der Waals surface area (Å²) in [4.78, 5) is 28.0. The van der Waals surface area contributed by atoms with E-state index >= 15 is 0 Å². The molecule has 1 heterocycles. The minimum atomic E-state index is -1.63. The first-order valence-electron chi connectivity index (χ1n) is 6.82. The van der Waals surface area contributed by atoms with Crippen LogP contribution in [0, 0.1) is 11.3 Å². The molecular formula is C15H20ClNO4. The number of esters is 1. The topological polar surface area (TPSA) is 76.5 Å². The summed E-state index contributed by atoms with van der Waals surface area (Å²) in [6.45, 7) is 5.52. The van der Waals surface area contributed by atoms with Gasteiger partial charge in [0.1, 0.15) is 0 Å². The average molecular weight is 314 g/mol. The first kappa shape index (κ1) is 17.4. The van der Waals surface area contributed by atoms with E-state index in [9.17, 15) is 14.7 Å². The highest BCUT2D eigenvalue weighted by atomic mass is 35.5. The second kappa shape index (κ2) is 7.41. The summed E-state index contributed by atoms with van der Waals surface area (Å²) in [7, 11) is 0. The molecule has 0 aromatic carbocycles. The second-order valence-corrected chi connectivity index (χ2v) is 5.76. The Bertz CT molecular complexity index is 518. The van der Waals surface area contributed by atoms with E-state index in [0.29, 0.717) is 10.6 Å². The van der Waals surface area contributed by atoms with Gasteiger partial charge in [-0.15, -0.1) is 0 Å². The molecule has 0 saturated heterocycles. The summed E-state index contributed by atoms with van der Waals surface area (Å²) in [6, 6.07) is 1.62. The van der Waals surface area contributed by atoms with Gasteiger partial charge in [0.25, 0.3) is 0 Å². The Labute approximate surface area is 129 Å². The quantitative estimate of drug-likeness (QED) is 0.618. The van der Waals surface area contributed by atoms with E-state index in [2.05, 4.69) is 4.98 Å². The maximum Gasteiger partial charge on any atom is 0.323 e. The summed E-state index contributed by atoms with van der Waals surface area (Å²) in [5.74, 6) is -1.90.